The van der Waals surface area contributed by atoms with Crippen LogP contribution in [0.4, 0.5) is 0 Å². The lowest BCUT2D eigenvalue weighted by Gasteiger charge is -2.13. The van der Waals surface area contributed by atoms with Gasteiger partial charge in [0.05, 0.1) is 0 Å². The molecule has 0 unspecified atom stereocenters. The third-order valence-corrected chi connectivity index (χ3v) is 3.16. The fourth-order valence-corrected chi connectivity index (χ4v) is 2.10. The summed E-state index contributed by atoms with van der Waals surface area (Å²) in [6.45, 7) is 10.1. The van der Waals surface area contributed by atoms with Gasteiger partial charge in [0.25, 0.3) is 0 Å². The first-order valence-electron chi connectivity index (χ1n) is 6.26. The fraction of sp³-hybridized carbons (Fsp3) is 0.111. The summed E-state index contributed by atoms with van der Waals surface area (Å²) in [5.41, 5.74) is 5.94. The van der Waals surface area contributed by atoms with Crippen LogP contribution >= 0.6 is 0 Å². The smallest absolute Gasteiger partial charge is 0.0111 e. The Labute approximate surface area is 109 Å². The molecular weight excluding hydrogens is 216 g/mol. The minimum absolute atomic E-state index is 1.05. The van der Waals surface area contributed by atoms with Gasteiger partial charge in [0.2, 0.25) is 0 Å². The number of aryl methyl sites for hydroxylation is 1. The summed E-state index contributed by atoms with van der Waals surface area (Å²) in [6.07, 6.45) is 13.2. The van der Waals surface area contributed by atoms with Crippen LogP contribution in [0.25, 0.3) is 11.6 Å². The first-order valence-corrected chi connectivity index (χ1v) is 6.26. The maximum absolute atomic E-state index is 4.21. The highest BCUT2D eigenvalue weighted by Crippen LogP contribution is 2.29. The molecule has 0 heteroatoms. The molecule has 0 aromatic heterocycles. The van der Waals surface area contributed by atoms with E-state index in [1.165, 1.54) is 16.7 Å². The van der Waals surface area contributed by atoms with Crippen LogP contribution < -0.4 is 0 Å². The van der Waals surface area contributed by atoms with Gasteiger partial charge < -0.3 is 0 Å². The van der Waals surface area contributed by atoms with Crippen molar-refractivity contribution in [1.82, 2.24) is 0 Å². The van der Waals surface area contributed by atoms with Crippen LogP contribution in [-0.2, 0) is 6.42 Å². The van der Waals surface area contributed by atoms with Crippen LogP contribution in [0.1, 0.15) is 23.6 Å². The second-order valence-electron chi connectivity index (χ2n) is 4.33. The first-order chi connectivity index (χ1) is 8.76. The Hall–Kier alpha value is -2.08. The van der Waals surface area contributed by atoms with Gasteiger partial charge in [-0.05, 0) is 34.3 Å². The molecule has 18 heavy (non-hydrogen) atoms. The van der Waals surface area contributed by atoms with Crippen molar-refractivity contribution in [2.45, 2.75) is 13.3 Å². The van der Waals surface area contributed by atoms with Crippen LogP contribution in [0.2, 0.25) is 0 Å². The van der Waals surface area contributed by atoms with Crippen molar-refractivity contribution in [1.29, 1.82) is 0 Å². The zero-order valence-electron chi connectivity index (χ0n) is 10.8. The van der Waals surface area contributed by atoms with E-state index in [0.717, 1.165) is 17.6 Å². The summed E-state index contributed by atoms with van der Waals surface area (Å²) in [6, 6.07) is 6.58. The van der Waals surface area contributed by atoms with E-state index in [1.54, 1.807) is 6.08 Å². The van der Waals surface area contributed by atoms with E-state index in [1.807, 2.05) is 12.2 Å². The van der Waals surface area contributed by atoms with E-state index >= 15 is 0 Å². The van der Waals surface area contributed by atoms with Gasteiger partial charge in [0.1, 0.15) is 0 Å². The van der Waals surface area contributed by atoms with Crippen LogP contribution in [0, 0.1) is 0 Å². The summed E-state index contributed by atoms with van der Waals surface area (Å²) in [4.78, 5) is 0. The standard InChI is InChI=1S/C18H18/c1-4-8-16-9-6-7-10-17-13-15(5-2)11-12-18(17)14(16)3/h4,6-13H,1,3,5H2,2H3/b9-6-,10-7-,16-8-. The number of hydrogen-bond donors (Lipinski definition) is 0. The zero-order chi connectivity index (χ0) is 13.0. The number of rotatable bonds is 2. The summed E-state index contributed by atoms with van der Waals surface area (Å²) in [5.74, 6) is 0. The lowest BCUT2D eigenvalue weighted by molar-refractivity contribution is 1.14. The Bertz CT molecular complexity index is 566. The van der Waals surface area contributed by atoms with Crippen molar-refractivity contribution in [3.8, 4) is 0 Å². The van der Waals surface area contributed by atoms with Gasteiger partial charge in [0, 0.05) is 0 Å². The topological polar surface area (TPSA) is 0 Å². The number of benzene rings is 1. The van der Waals surface area contributed by atoms with Gasteiger partial charge in [-0.15, -0.1) is 0 Å². The van der Waals surface area contributed by atoms with E-state index in [4.69, 9.17) is 0 Å². The molecule has 1 aromatic carbocycles. The van der Waals surface area contributed by atoms with Gasteiger partial charge in [-0.2, -0.15) is 0 Å². The molecule has 90 valence electrons. The maximum Gasteiger partial charge on any atom is -0.0111 e. The molecule has 0 fully saturated rings. The van der Waals surface area contributed by atoms with Gasteiger partial charge in [-0.1, -0.05) is 74.7 Å². The largest absolute Gasteiger partial charge is 0.0990 e. The molecule has 0 bridgehead atoms. The molecule has 0 spiro atoms. The average Bonchev–Trinajstić information content (AvgIpc) is 2.39. The van der Waals surface area contributed by atoms with Crippen molar-refractivity contribution >= 4 is 11.6 Å². The fourth-order valence-electron chi connectivity index (χ4n) is 2.10. The molecule has 1 aliphatic rings. The Morgan fingerprint density at radius 1 is 1.17 bits per heavy atom. The zero-order valence-corrected chi connectivity index (χ0v) is 10.8. The molecule has 0 nitrogen and oxygen atoms in total. The van der Waals surface area contributed by atoms with Gasteiger partial charge >= 0.3 is 0 Å². The normalized spacial score (nSPS) is 19.8. The van der Waals surface area contributed by atoms with Crippen LogP contribution in [0.5, 0.6) is 0 Å². The molecule has 0 saturated carbocycles. The molecule has 0 radical (unpaired) electrons. The lowest BCUT2D eigenvalue weighted by atomic mass is 9.91. The Kier molecular flexibility index (Phi) is 3.78. The number of allylic oxidation sites excluding steroid dienone is 7. The summed E-state index contributed by atoms with van der Waals surface area (Å²) < 4.78 is 0. The number of hydrogen-bond acceptors (Lipinski definition) is 0. The lowest BCUT2D eigenvalue weighted by Crippen LogP contribution is -1.94. The van der Waals surface area contributed by atoms with Crippen LogP contribution in [-0.4, -0.2) is 0 Å². The van der Waals surface area contributed by atoms with Crippen molar-refractivity contribution < 1.29 is 0 Å². The molecule has 0 aliphatic heterocycles. The third kappa shape index (κ3) is 2.43. The predicted octanol–water partition coefficient (Wildman–Crippen LogP) is 4.96. The van der Waals surface area contributed by atoms with E-state index in [-0.39, 0.29) is 0 Å². The average molecular weight is 234 g/mol. The monoisotopic (exact) mass is 234 g/mol. The molecule has 2 rings (SSSR count). The summed E-state index contributed by atoms with van der Waals surface area (Å²) in [5, 5.41) is 0. The number of fused-ring (bicyclic) bond motifs is 1. The van der Waals surface area contributed by atoms with Crippen molar-refractivity contribution in [3.05, 3.63) is 84.0 Å². The van der Waals surface area contributed by atoms with Crippen molar-refractivity contribution in [2.24, 2.45) is 0 Å². The summed E-state index contributed by atoms with van der Waals surface area (Å²) >= 11 is 0. The van der Waals surface area contributed by atoms with E-state index in [0.29, 0.717) is 0 Å². The first kappa shape index (κ1) is 12.4. The molecule has 1 aromatic rings. The predicted molar refractivity (Wildman–Crippen MR) is 81.3 cm³/mol. The maximum atomic E-state index is 4.21. The second kappa shape index (κ2) is 5.50. The molecule has 0 atom stereocenters. The van der Waals surface area contributed by atoms with E-state index in [9.17, 15) is 0 Å². The van der Waals surface area contributed by atoms with Gasteiger partial charge in [-0.3, -0.25) is 0 Å². The summed E-state index contributed by atoms with van der Waals surface area (Å²) in [7, 11) is 0. The van der Waals surface area contributed by atoms with Crippen LogP contribution in [0.15, 0.2) is 67.3 Å². The Morgan fingerprint density at radius 2 is 1.94 bits per heavy atom. The second-order valence-corrected chi connectivity index (χ2v) is 4.33. The van der Waals surface area contributed by atoms with Crippen molar-refractivity contribution in [3.63, 3.8) is 0 Å². The molecule has 0 saturated heterocycles. The third-order valence-electron chi connectivity index (χ3n) is 3.16. The minimum atomic E-state index is 1.05. The van der Waals surface area contributed by atoms with Gasteiger partial charge in [0.15, 0.2) is 0 Å². The molecule has 1 aliphatic carbocycles. The highest BCUT2D eigenvalue weighted by Gasteiger charge is 2.08. The van der Waals surface area contributed by atoms with Crippen LogP contribution in [0.3, 0.4) is 0 Å². The van der Waals surface area contributed by atoms with E-state index < -0.39 is 0 Å². The molecule has 0 amide bonds. The van der Waals surface area contributed by atoms with Crippen molar-refractivity contribution in [2.75, 3.05) is 0 Å². The van der Waals surface area contributed by atoms with E-state index in [2.05, 4.69) is 56.5 Å². The molecular formula is C18H18. The highest BCUT2D eigenvalue weighted by molar-refractivity contribution is 5.86. The Morgan fingerprint density at radius 3 is 2.67 bits per heavy atom. The Balaban J connectivity index is 2.58. The molecule has 0 N–H and O–H groups in total. The van der Waals surface area contributed by atoms with Gasteiger partial charge in [-0.25, -0.2) is 0 Å². The molecule has 0 heterocycles. The minimum Gasteiger partial charge on any atom is -0.0990 e. The SMILES string of the molecule is C=C/C=C1/C=C\C=C/c2cc(CC)ccc2C1=C. The highest BCUT2D eigenvalue weighted by atomic mass is 14.1. The quantitative estimate of drug-likeness (QED) is 0.678.